The number of ether oxygens (including phenoxy) is 3. The topological polar surface area (TPSA) is 51.2 Å². The summed E-state index contributed by atoms with van der Waals surface area (Å²) in [4.78, 5) is 2.40. The van der Waals surface area contributed by atoms with E-state index in [1.807, 2.05) is 18.2 Å². The highest BCUT2D eigenvalue weighted by Gasteiger charge is 2.26. The second-order valence-electron chi connectivity index (χ2n) is 6.68. The summed E-state index contributed by atoms with van der Waals surface area (Å²) in [5.41, 5.74) is 1.03. The maximum atomic E-state index is 10.3. The van der Waals surface area contributed by atoms with Crippen molar-refractivity contribution in [1.29, 1.82) is 0 Å². The van der Waals surface area contributed by atoms with Crippen LogP contribution in [0.1, 0.15) is 38.7 Å². The van der Waals surface area contributed by atoms with E-state index in [0.717, 1.165) is 17.1 Å². The molecule has 0 radical (unpaired) electrons. The molecule has 0 saturated carbocycles. The molecule has 0 amide bonds. The van der Waals surface area contributed by atoms with E-state index in [1.165, 1.54) is 19.3 Å². The summed E-state index contributed by atoms with van der Waals surface area (Å²) in [7, 11) is 0. The number of aliphatic hydroxyl groups excluding tert-OH is 1. The zero-order valence-electron chi connectivity index (χ0n) is 14.4. The quantitative estimate of drug-likeness (QED) is 0.848. The van der Waals surface area contributed by atoms with Crippen molar-refractivity contribution in [2.24, 2.45) is 0 Å². The summed E-state index contributed by atoms with van der Waals surface area (Å²) >= 11 is 0. The van der Waals surface area contributed by atoms with Gasteiger partial charge in [-0.25, -0.2) is 0 Å². The first-order valence-electron chi connectivity index (χ1n) is 8.53. The average molecular weight is 358 g/mol. The smallest absolute Gasteiger partial charge is 0.231 e. The summed E-state index contributed by atoms with van der Waals surface area (Å²) in [5, 5.41) is 10.3. The fourth-order valence-corrected chi connectivity index (χ4v) is 3.47. The molecular formula is C18H28ClNO4. The highest BCUT2D eigenvalue weighted by atomic mass is 35.5. The Morgan fingerprint density at radius 1 is 1.21 bits per heavy atom. The Labute approximate surface area is 150 Å². The molecule has 0 aliphatic carbocycles. The zero-order valence-corrected chi connectivity index (χ0v) is 15.3. The number of benzene rings is 1. The van der Waals surface area contributed by atoms with Crippen LogP contribution >= 0.6 is 12.4 Å². The highest BCUT2D eigenvalue weighted by molar-refractivity contribution is 5.85. The fraction of sp³-hybridized carbons (Fsp3) is 0.667. The minimum Gasteiger partial charge on any atom is -0.454 e. The van der Waals surface area contributed by atoms with Gasteiger partial charge in [0.25, 0.3) is 0 Å². The van der Waals surface area contributed by atoms with Crippen LogP contribution in [0.4, 0.5) is 0 Å². The number of β-amino-alcohol motifs (C(OH)–C–C–N with tert-alkyl or cyclic N) is 1. The lowest BCUT2D eigenvalue weighted by Crippen LogP contribution is -2.48. The number of hydrogen-bond acceptors (Lipinski definition) is 5. The first-order valence-corrected chi connectivity index (χ1v) is 8.53. The van der Waals surface area contributed by atoms with Crippen LogP contribution in [0.15, 0.2) is 18.2 Å². The Kier molecular flexibility index (Phi) is 7.16. The first kappa shape index (κ1) is 19.3. The minimum atomic E-state index is -0.452. The second kappa shape index (κ2) is 8.90. The summed E-state index contributed by atoms with van der Waals surface area (Å²) in [5.74, 6) is 1.55. The van der Waals surface area contributed by atoms with Crippen molar-refractivity contribution in [2.45, 2.75) is 57.9 Å². The van der Waals surface area contributed by atoms with Crippen molar-refractivity contribution in [1.82, 2.24) is 4.90 Å². The van der Waals surface area contributed by atoms with Gasteiger partial charge in [0.2, 0.25) is 6.79 Å². The Bertz CT molecular complexity index is 518. The predicted octanol–water partition coefficient (Wildman–Crippen LogP) is 2.98. The zero-order chi connectivity index (χ0) is 16.2. The van der Waals surface area contributed by atoms with Gasteiger partial charge in [-0.05, 0) is 44.4 Å². The van der Waals surface area contributed by atoms with Crippen LogP contribution in [0.3, 0.4) is 0 Å². The second-order valence-corrected chi connectivity index (χ2v) is 6.68. The third kappa shape index (κ3) is 4.76. The van der Waals surface area contributed by atoms with Gasteiger partial charge in [-0.2, -0.15) is 0 Å². The molecule has 3 unspecified atom stereocenters. The van der Waals surface area contributed by atoms with Crippen molar-refractivity contribution in [2.75, 3.05) is 19.9 Å². The molecule has 6 heteroatoms. The van der Waals surface area contributed by atoms with Crippen molar-refractivity contribution < 1.29 is 19.3 Å². The fourth-order valence-electron chi connectivity index (χ4n) is 3.47. The van der Waals surface area contributed by atoms with Crippen LogP contribution in [-0.4, -0.2) is 48.1 Å². The van der Waals surface area contributed by atoms with Gasteiger partial charge >= 0.3 is 0 Å². The first-order chi connectivity index (χ1) is 11.1. The number of fused-ring (bicyclic) bond motifs is 1. The molecule has 2 aliphatic heterocycles. The minimum absolute atomic E-state index is 0. The van der Waals surface area contributed by atoms with E-state index in [9.17, 15) is 5.11 Å². The largest absolute Gasteiger partial charge is 0.454 e. The Balaban J connectivity index is 0.00000208. The molecule has 136 valence electrons. The van der Waals surface area contributed by atoms with Crippen molar-refractivity contribution >= 4 is 12.4 Å². The number of nitrogens with zero attached hydrogens (tertiary/aromatic N) is 1. The molecule has 1 N–H and O–H groups in total. The summed E-state index contributed by atoms with van der Waals surface area (Å²) in [6.45, 7) is 6.28. The summed E-state index contributed by atoms with van der Waals surface area (Å²) in [6, 6.07) is 6.89. The summed E-state index contributed by atoms with van der Waals surface area (Å²) < 4.78 is 16.3. The number of likely N-dealkylation sites (tertiary alicyclic amines) is 1. The van der Waals surface area contributed by atoms with Gasteiger partial charge in [-0.15, -0.1) is 12.4 Å². The predicted molar refractivity (Wildman–Crippen MR) is 95.0 cm³/mol. The van der Waals surface area contributed by atoms with Crippen LogP contribution in [0.25, 0.3) is 0 Å². The van der Waals surface area contributed by atoms with Crippen molar-refractivity contribution in [3.63, 3.8) is 0 Å². The van der Waals surface area contributed by atoms with E-state index in [0.29, 0.717) is 31.8 Å². The van der Waals surface area contributed by atoms with Crippen LogP contribution in [-0.2, 0) is 11.3 Å². The van der Waals surface area contributed by atoms with E-state index < -0.39 is 6.10 Å². The summed E-state index contributed by atoms with van der Waals surface area (Å²) in [6.07, 6.45) is 3.27. The molecule has 1 aromatic rings. The van der Waals surface area contributed by atoms with Crippen LogP contribution < -0.4 is 9.47 Å². The van der Waals surface area contributed by atoms with E-state index in [1.54, 1.807) is 0 Å². The lowest BCUT2D eigenvalue weighted by molar-refractivity contribution is -0.0135. The molecule has 0 bridgehead atoms. The number of halogens is 1. The molecule has 3 rings (SSSR count). The highest BCUT2D eigenvalue weighted by Crippen LogP contribution is 2.32. The number of rotatable bonds is 6. The molecule has 2 aliphatic rings. The van der Waals surface area contributed by atoms with Crippen molar-refractivity contribution in [3.8, 4) is 11.5 Å². The average Bonchev–Trinajstić information content (AvgIpc) is 2.99. The number of aliphatic hydroxyl groups is 1. The Morgan fingerprint density at radius 3 is 2.67 bits per heavy atom. The third-order valence-electron chi connectivity index (χ3n) is 4.81. The number of piperidine rings is 1. The van der Waals surface area contributed by atoms with Crippen LogP contribution in [0.5, 0.6) is 11.5 Å². The van der Waals surface area contributed by atoms with Gasteiger partial charge in [0.05, 0.1) is 19.3 Å². The van der Waals surface area contributed by atoms with Crippen molar-refractivity contribution in [3.05, 3.63) is 23.8 Å². The molecule has 1 saturated heterocycles. The van der Waals surface area contributed by atoms with E-state index in [-0.39, 0.29) is 19.2 Å². The van der Waals surface area contributed by atoms with Gasteiger partial charge in [0.1, 0.15) is 0 Å². The molecule has 2 heterocycles. The Morgan fingerprint density at radius 2 is 1.92 bits per heavy atom. The standard InChI is InChI=1S/C18H27NO4.ClH/c1-13-4-3-5-14(2)19(13)9-16(20)11-21-10-15-6-7-17-18(8-15)23-12-22-17;/h6-8,13-14,16,20H,3-5,9-12H2,1-2H3;1H. The molecule has 3 atom stereocenters. The normalized spacial score (nSPS) is 24.5. The SMILES string of the molecule is CC1CCCC(C)N1CC(O)COCc1ccc2c(c1)OCO2.Cl. The third-order valence-corrected chi connectivity index (χ3v) is 4.81. The molecule has 0 aromatic heterocycles. The monoisotopic (exact) mass is 357 g/mol. The molecule has 24 heavy (non-hydrogen) atoms. The lowest BCUT2D eigenvalue weighted by Gasteiger charge is -2.40. The maximum absolute atomic E-state index is 10.3. The molecule has 1 aromatic carbocycles. The number of hydrogen-bond donors (Lipinski definition) is 1. The maximum Gasteiger partial charge on any atom is 0.231 e. The van der Waals surface area contributed by atoms with E-state index >= 15 is 0 Å². The lowest BCUT2D eigenvalue weighted by atomic mass is 9.97. The van der Waals surface area contributed by atoms with E-state index in [4.69, 9.17) is 14.2 Å². The van der Waals surface area contributed by atoms with Gasteiger partial charge in [0.15, 0.2) is 11.5 Å². The Hall–Kier alpha value is -1.01. The van der Waals surface area contributed by atoms with E-state index in [2.05, 4.69) is 18.7 Å². The molecular weight excluding hydrogens is 330 g/mol. The molecule has 1 fully saturated rings. The molecule has 5 nitrogen and oxygen atoms in total. The van der Waals surface area contributed by atoms with Gasteiger partial charge in [-0.1, -0.05) is 12.5 Å². The van der Waals surface area contributed by atoms with Gasteiger partial charge in [-0.3, -0.25) is 4.90 Å². The molecule has 0 spiro atoms. The van der Waals surface area contributed by atoms with Crippen LogP contribution in [0.2, 0.25) is 0 Å². The van der Waals surface area contributed by atoms with Gasteiger partial charge < -0.3 is 19.3 Å². The van der Waals surface area contributed by atoms with Gasteiger partial charge in [0, 0.05) is 18.6 Å². The van der Waals surface area contributed by atoms with Crippen LogP contribution in [0, 0.1) is 0 Å².